The smallest absolute Gasteiger partial charge is 0.355 e. The van der Waals surface area contributed by atoms with Gasteiger partial charge in [-0.25, -0.2) is 15.0 Å². The summed E-state index contributed by atoms with van der Waals surface area (Å²) in [6.07, 6.45) is -2.30. The number of nitrogens with one attached hydrogen (secondary N) is 1. The minimum atomic E-state index is -4.50. The molecular weight excluding hydrogens is 449 g/mol. The Morgan fingerprint density at radius 3 is 2.44 bits per heavy atom. The molecule has 3 heterocycles. The van der Waals surface area contributed by atoms with Crippen LogP contribution in [0.3, 0.4) is 0 Å². The van der Waals surface area contributed by atoms with Gasteiger partial charge in [-0.05, 0) is 30.7 Å². The number of nitro benzene ring substituents is 1. The molecule has 4 rings (SSSR count). The fourth-order valence-electron chi connectivity index (χ4n) is 3.87. The van der Waals surface area contributed by atoms with Crippen LogP contribution in [0.2, 0.25) is 0 Å². The number of pyridine rings is 1. The van der Waals surface area contributed by atoms with Crippen LogP contribution in [-0.4, -0.2) is 33.0 Å². The average molecular weight is 472 g/mol. The third-order valence-corrected chi connectivity index (χ3v) is 5.61. The Morgan fingerprint density at radius 2 is 1.79 bits per heavy atom. The number of anilines is 3. The molecule has 0 radical (unpaired) electrons. The number of hydrogen-bond acceptors (Lipinski definition) is 7. The molecule has 0 saturated carbocycles. The van der Waals surface area contributed by atoms with Crippen LogP contribution in [-0.2, 0) is 19.0 Å². The van der Waals surface area contributed by atoms with Crippen molar-refractivity contribution in [1.29, 1.82) is 0 Å². The molecule has 0 bridgehead atoms. The van der Waals surface area contributed by atoms with Crippen LogP contribution >= 0.6 is 0 Å². The summed E-state index contributed by atoms with van der Waals surface area (Å²) in [5.41, 5.74) is 1.41. The Balaban J connectivity index is 1.67. The lowest BCUT2D eigenvalue weighted by Gasteiger charge is -2.24. The van der Waals surface area contributed by atoms with Gasteiger partial charge in [-0.3, -0.25) is 10.1 Å². The van der Waals surface area contributed by atoms with Gasteiger partial charge in [-0.2, -0.15) is 13.2 Å². The lowest BCUT2D eigenvalue weighted by molar-refractivity contribution is -0.384. The number of halogens is 3. The molecule has 34 heavy (non-hydrogen) atoms. The highest BCUT2D eigenvalue weighted by atomic mass is 19.4. The van der Waals surface area contributed by atoms with Crippen molar-refractivity contribution in [2.24, 2.45) is 0 Å². The van der Waals surface area contributed by atoms with Crippen molar-refractivity contribution < 1.29 is 18.1 Å². The quantitative estimate of drug-likeness (QED) is 0.399. The van der Waals surface area contributed by atoms with Crippen molar-refractivity contribution in [1.82, 2.24) is 15.0 Å². The van der Waals surface area contributed by atoms with E-state index < -0.39 is 16.7 Å². The molecule has 2 aromatic heterocycles. The first-order valence-corrected chi connectivity index (χ1v) is 10.8. The topological polar surface area (TPSA) is 97.1 Å². The minimum Gasteiger partial charge on any atom is -0.355 e. The van der Waals surface area contributed by atoms with Crippen LogP contribution < -0.4 is 10.2 Å². The predicted octanol–water partition coefficient (Wildman–Crippen LogP) is 5.27. The van der Waals surface area contributed by atoms with Crippen molar-refractivity contribution in [2.75, 3.05) is 23.3 Å². The van der Waals surface area contributed by atoms with E-state index >= 15 is 0 Å². The molecule has 0 amide bonds. The van der Waals surface area contributed by atoms with Crippen molar-refractivity contribution in [2.45, 2.75) is 38.8 Å². The molecule has 0 spiro atoms. The van der Waals surface area contributed by atoms with E-state index in [1.165, 1.54) is 24.4 Å². The van der Waals surface area contributed by atoms with Crippen LogP contribution in [0.15, 0.2) is 42.6 Å². The number of rotatable bonds is 5. The molecule has 0 saturated heterocycles. The van der Waals surface area contributed by atoms with E-state index in [1.54, 1.807) is 17.0 Å². The van der Waals surface area contributed by atoms with Gasteiger partial charge in [-0.1, -0.05) is 13.8 Å². The van der Waals surface area contributed by atoms with Gasteiger partial charge in [0.25, 0.3) is 5.69 Å². The van der Waals surface area contributed by atoms with E-state index in [-0.39, 0.29) is 17.4 Å². The SMILES string of the molecule is CC(C)c1nc2c(c(Nc3ccc([N+](=O)[O-])cc3)n1)CCN(c1ncccc1C(F)(F)F)CC2. The number of benzene rings is 1. The first-order valence-electron chi connectivity index (χ1n) is 10.8. The second-order valence-corrected chi connectivity index (χ2v) is 8.30. The fraction of sp³-hybridized carbons (Fsp3) is 0.348. The Labute approximate surface area is 194 Å². The van der Waals surface area contributed by atoms with Crippen molar-refractivity contribution in [3.63, 3.8) is 0 Å². The summed E-state index contributed by atoms with van der Waals surface area (Å²) in [5.74, 6) is 1.12. The van der Waals surface area contributed by atoms with Gasteiger partial charge in [-0.15, -0.1) is 0 Å². The predicted molar refractivity (Wildman–Crippen MR) is 121 cm³/mol. The van der Waals surface area contributed by atoms with Crippen LogP contribution in [0.5, 0.6) is 0 Å². The lowest BCUT2D eigenvalue weighted by Crippen LogP contribution is -2.29. The normalized spacial score (nSPS) is 14.0. The molecule has 1 aliphatic heterocycles. The maximum atomic E-state index is 13.6. The summed E-state index contributed by atoms with van der Waals surface area (Å²) in [4.78, 5) is 25.5. The van der Waals surface area contributed by atoms with Crippen LogP contribution in [0, 0.1) is 10.1 Å². The summed E-state index contributed by atoms with van der Waals surface area (Å²) < 4.78 is 40.7. The Bertz CT molecular complexity index is 1200. The zero-order chi connectivity index (χ0) is 24.5. The van der Waals surface area contributed by atoms with Crippen LogP contribution in [0.25, 0.3) is 0 Å². The molecule has 1 aliphatic rings. The van der Waals surface area contributed by atoms with Crippen LogP contribution in [0.1, 0.15) is 42.4 Å². The zero-order valence-corrected chi connectivity index (χ0v) is 18.6. The Hall–Kier alpha value is -3.76. The fourth-order valence-corrected chi connectivity index (χ4v) is 3.87. The summed E-state index contributed by atoms with van der Waals surface area (Å²) in [5, 5.41) is 14.2. The van der Waals surface area contributed by atoms with Gasteiger partial charge in [0, 0.05) is 55.0 Å². The van der Waals surface area contributed by atoms with Gasteiger partial charge in [0.15, 0.2) is 0 Å². The van der Waals surface area contributed by atoms with E-state index in [0.717, 1.165) is 17.3 Å². The molecular formula is C23H23F3N6O2. The van der Waals surface area contributed by atoms with E-state index in [0.29, 0.717) is 43.3 Å². The second-order valence-electron chi connectivity index (χ2n) is 8.30. The number of nitro groups is 1. The van der Waals surface area contributed by atoms with Gasteiger partial charge in [0.05, 0.1) is 16.2 Å². The summed E-state index contributed by atoms with van der Waals surface area (Å²) in [7, 11) is 0. The summed E-state index contributed by atoms with van der Waals surface area (Å²) >= 11 is 0. The van der Waals surface area contributed by atoms with Gasteiger partial charge in [0.2, 0.25) is 0 Å². The first kappa shape index (κ1) is 23.4. The van der Waals surface area contributed by atoms with E-state index in [9.17, 15) is 23.3 Å². The molecule has 0 atom stereocenters. The molecule has 1 aromatic carbocycles. The number of non-ortho nitro benzene ring substituents is 1. The molecule has 3 aromatic rings. The molecule has 8 nitrogen and oxygen atoms in total. The number of fused-ring (bicyclic) bond motifs is 1. The molecule has 0 aliphatic carbocycles. The number of aromatic nitrogens is 3. The summed E-state index contributed by atoms with van der Waals surface area (Å²) in [6.45, 7) is 4.57. The second kappa shape index (κ2) is 9.24. The van der Waals surface area contributed by atoms with Crippen molar-refractivity contribution >= 4 is 23.0 Å². The van der Waals surface area contributed by atoms with E-state index in [4.69, 9.17) is 4.98 Å². The van der Waals surface area contributed by atoms with Crippen molar-refractivity contribution in [3.8, 4) is 0 Å². The van der Waals surface area contributed by atoms with Crippen LogP contribution in [0.4, 0.5) is 36.2 Å². The lowest BCUT2D eigenvalue weighted by atomic mass is 10.1. The average Bonchev–Trinajstić information content (AvgIpc) is 3.01. The highest BCUT2D eigenvalue weighted by Gasteiger charge is 2.36. The number of alkyl halides is 3. The monoisotopic (exact) mass is 472 g/mol. The Morgan fingerprint density at radius 1 is 1.09 bits per heavy atom. The van der Waals surface area contributed by atoms with E-state index in [2.05, 4.69) is 15.3 Å². The van der Waals surface area contributed by atoms with Gasteiger partial charge < -0.3 is 10.2 Å². The minimum absolute atomic E-state index is 0.0265. The number of hydrogen-bond donors (Lipinski definition) is 1. The van der Waals surface area contributed by atoms with Crippen molar-refractivity contribution in [3.05, 3.63) is 75.4 Å². The Kier molecular flexibility index (Phi) is 6.36. The third kappa shape index (κ3) is 4.92. The highest BCUT2D eigenvalue weighted by molar-refractivity contribution is 5.62. The molecule has 0 unspecified atom stereocenters. The molecule has 178 valence electrons. The molecule has 1 N–H and O–H groups in total. The van der Waals surface area contributed by atoms with E-state index in [1.807, 2.05) is 13.8 Å². The number of nitrogens with zero attached hydrogens (tertiary/aromatic N) is 5. The van der Waals surface area contributed by atoms with Gasteiger partial charge >= 0.3 is 6.18 Å². The zero-order valence-electron chi connectivity index (χ0n) is 18.6. The highest BCUT2D eigenvalue weighted by Crippen LogP contribution is 2.36. The third-order valence-electron chi connectivity index (χ3n) is 5.61. The maximum Gasteiger partial charge on any atom is 0.419 e. The first-order chi connectivity index (χ1) is 16.1. The largest absolute Gasteiger partial charge is 0.419 e. The van der Waals surface area contributed by atoms with Gasteiger partial charge in [0.1, 0.15) is 17.5 Å². The summed E-state index contributed by atoms with van der Waals surface area (Å²) in [6, 6.07) is 8.30. The molecule has 0 fully saturated rings. The molecule has 11 heteroatoms. The maximum absolute atomic E-state index is 13.6. The standard InChI is InChI=1S/C23H23F3N6O2/c1-14(2)20-29-19-10-13-31(22-18(23(24,25)26)4-3-11-27-22)12-9-17(19)21(30-20)28-15-5-7-16(8-6-15)32(33)34/h3-8,11,14H,9-10,12-13H2,1-2H3,(H,28,29,30).